The molecule has 0 aromatic heterocycles. The number of hydrogen-bond acceptors (Lipinski definition) is 5. The van der Waals surface area contributed by atoms with E-state index in [9.17, 15) is 13.2 Å². The fourth-order valence-electron chi connectivity index (χ4n) is 2.09. The van der Waals surface area contributed by atoms with Crippen molar-refractivity contribution in [3.63, 3.8) is 0 Å². The third-order valence-corrected chi connectivity index (χ3v) is 4.70. The van der Waals surface area contributed by atoms with Gasteiger partial charge in [-0.1, -0.05) is 17.7 Å². The van der Waals surface area contributed by atoms with E-state index in [0.717, 1.165) is 5.56 Å². The van der Waals surface area contributed by atoms with E-state index in [4.69, 9.17) is 8.92 Å². The molecular weight excluding hydrogens is 306 g/mol. The maximum absolute atomic E-state index is 12.1. The Hall–Kier alpha value is -1.60. The van der Waals surface area contributed by atoms with Gasteiger partial charge in [-0.3, -0.25) is 9.08 Å². The molecule has 122 valence electrons. The lowest BCUT2D eigenvalue weighted by Crippen LogP contribution is -2.42. The summed E-state index contributed by atoms with van der Waals surface area (Å²) in [4.78, 5) is 13.4. The van der Waals surface area contributed by atoms with Crippen molar-refractivity contribution in [1.82, 2.24) is 4.90 Å². The first-order valence-electron chi connectivity index (χ1n) is 7.04. The lowest BCUT2D eigenvalue weighted by molar-refractivity contribution is 0.101. The number of nitrogens with zero attached hydrogens (tertiary/aromatic N) is 1. The number of cyclic esters (lactones) is 1. The second-order valence-electron chi connectivity index (χ2n) is 6.34. The van der Waals surface area contributed by atoms with Crippen LogP contribution < -0.4 is 0 Å². The Bertz CT molecular complexity index is 646. The molecule has 0 bridgehead atoms. The van der Waals surface area contributed by atoms with E-state index in [1.54, 1.807) is 17.0 Å². The Morgan fingerprint density at radius 3 is 2.36 bits per heavy atom. The first kappa shape index (κ1) is 16.8. The van der Waals surface area contributed by atoms with E-state index >= 15 is 0 Å². The van der Waals surface area contributed by atoms with Gasteiger partial charge in [-0.2, -0.15) is 8.42 Å². The molecule has 1 fully saturated rings. The standard InChI is InChI=1S/C15H21NO5S/c1-11-5-7-13(8-6-11)22(18,19)20-10-12-9-16(14(17)21-12)15(2,3)4/h5-8,12H,9-10H2,1-4H3/t12-/m1/s1. The highest BCUT2D eigenvalue weighted by molar-refractivity contribution is 7.86. The molecule has 1 aromatic carbocycles. The van der Waals surface area contributed by atoms with E-state index in [1.807, 2.05) is 27.7 Å². The number of ether oxygens (including phenoxy) is 1. The van der Waals surface area contributed by atoms with Crippen LogP contribution in [0.2, 0.25) is 0 Å². The van der Waals surface area contributed by atoms with Crippen molar-refractivity contribution in [2.75, 3.05) is 13.2 Å². The van der Waals surface area contributed by atoms with Gasteiger partial charge in [0.05, 0.1) is 11.4 Å². The van der Waals surface area contributed by atoms with Gasteiger partial charge >= 0.3 is 6.09 Å². The zero-order valence-electron chi connectivity index (χ0n) is 13.2. The van der Waals surface area contributed by atoms with Gasteiger partial charge in [-0.05, 0) is 39.8 Å². The summed E-state index contributed by atoms with van der Waals surface area (Å²) >= 11 is 0. The minimum Gasteiger partial charge on any atom is -0.442 e. The van der Waals surface area contributed by atoms with Gasteiger partial charge in [-0.15, -0.1) is 0 Å². The lowest BCUT2D eigenvalue weighted by Gasteiger charge is -2.29. The van der Waals surface area contributed by atoms with Gasteiger partial charge in [0.1, 0.15) is 12.7 Å². The number of carbonyl (C=O) groups excluding carboxylic acids is 1. The molecule has 1 amide bonds. The van der Waals surface area contributed by atoms with Crippen LogP contribution >= 0.6 is 0 Å². The molecule has 1 aliphatic heterocycles. The maximum atomic E-state index is 12.1. The third kappa shape index (κ3) is 3.78. The molecular formula is C15H21NO5S. The maximum Gasteiger partial charge on any atom is 0.410 e. The molecule has 1 heterocycles. The molecule has 1 aromatic rings. The Morgan fingerprint density at radius 1 is 1.27 bits per heavy atom. The van der Waals surface area contributed by atoms with Crippen LogP contribution in [-0.4, -0.2) is 44.2 Å². The van der Waals surface area contributed by atoms with Gasteiger partial charge in [0.2, 0.25) is 0 Å². The monoisotopic (exact) mass is 327 g/mol. The molecule has 0 saturated carbocycles. The number of hydrogen-bond donors (Lipinski definition) is 0. The van der Waals surface area contributed by atoms with Crippen molar-refractivity contribution in [2.45, 2.75) is 44.2 Å². The molecule has 1 atom stereocenters. The number of amides is 1. The third-order valence-electron chi connectivity index (χ3n) is 3.40. The number of aryl methyl sites for hydroxylation is 1. The minimum atomic E-state index is -3.84. The van der Waals surface area contributed by atoms with Crippen LogP contribution in [0.15, 0.2) is 29.2 Å². The highest BCUT2D eigenvalue weighted by atomic mass is 32.2. The summed E-state index contributed by atoms with van der Waals surface area (Å²) in [5, 5.41) is 0. The molecule has 0 aliphatic carbocycles. The van der Waals surface area contributed by atoms with E-state index in [0.29, 0.717) is 6.54 Å². The highest BCUT2D eigenvalue weighted by Crippen LogP contribution is 2.23. The van der Waals surface area contributed by atoms with Gasteiger partial charge in [0, 0.05) is 5.54 Å². The average molecular weight is 327 g/mol. The van der Waals surface area contributed by atoms with Crippen molar-refractivity contribution in [2.24, 2.45) is 0 Å². The SMILES string of the molecule is Cc1ccc(S(=O)(=O)OC[C@H]2CN(C(C)(C)C)C(=O)O2)cc1. The molecule has 1 saturated heterocycles. The molecule has 0 radical (unpaired) electrons. The summed E-state index contributed by atoms with van der Waals surface area (Å²) < 4.78 is 34.3. The first-order chi connectivity index (χ1) is 10.1. The van der Waals surface area contributed by atoms with Crippen LogP contribution in [0, 0.1) is 6.92 Å². The van der Waals surface area contributed by atoms with Gasteiger partial charge in [-0.25, -0.2) is 4.79 Å². The van der Waals surface area contributed by atoms with E-state index < -0.39 is 22.3 Å². The molecule has 0 spiro atoms. The molecule has 6 nitrogen and oxygen atoms in total. The van der Waals surface area contributed by atoms with Crippen molar-refractivity contribution in [3.05, 3.63) is 29.8 Å². The zero-order valence-corrected chi connectivity index (χ0v) is 14.0. The quantitative estimate of drug-likeness (QED) is 0.794. The summed E-state index contributed by atoms with van der Waals surface area (Å²) in [6, 6.07) is 6.39. The molecule has 7 heteroatoms. The number of rotatable bonds is 4. The van der Waals surface area contributed by atoms with E-state index in [1.165, 1.54) is 12.1 Å². The van der Waals surface area contributed by atoms with Gasteiger partial charge in [0.15, 0.2) is 0 Å². The van der Waals surface area contributed by atoms with E-state index in [-0.39, 0.29) is 17.0 Å². The topological polar surface area (TPSA) is 72.9 Å². The second kappa shape index (κ2) is 5.89. The average Bonchev–Trinajstić information content (AvgIpc) is 2.78. The van der Waals surface area contributed by atoms with Crippen LogP contribution in [0.3, 0.4) is 0 Å². The fraction of sp³-hybridized carbons (Fsp3) is 0.533. The first-order valence-corrected chi connectivity index (χ1v) is 8.45. The summed E-state index contributed by atoms with van der Waals surface area (Å²) in [5.74, 6) is 0. The smallest absolute Gasteiger partial charge is 0.410 e. The largest absolute Gasteiger partial charge is 0.442 e. The van der Waals surface area contributed by atoms with Crippen molar-refractivity contribution in [1.29, 1.82) is 0 Å². The predicted molar refractivity (Wildman–Crippen MR) is 81.0 cm³/mol. The summed E-state index contributed by atoms with van der Waals surface area (Å²) in [5.41, 5.74) is 0.589. The normalized spacial score (nSPS) is 19.4. The summed E-state index contributed by atoms with van der Waals surface area (Å²) in [6.07, 6.45) is -1.04. The van der Waals surface area contributed by atoms with Crippen molar-refractivity contribution in [3.8, 4) is 0 Å². The van der Waals surface area contributed by atoms with Crippen LogP contribution in [0.5, 0.6) is 0 Å². The zero-order chi connectivity index (χ0) is 16.5. The fourth-order valence-corrected chi connectivity index (χ4v) is 3.03. The minimum absolute atomic E-state index is 0.0927. The number of benzene rings is 1. The molecule has 22 heavy (non-hydrogen) atoms. The lowest BCUT2D eigenvalue weighted by atomic mass is 10.1. The summed E-state index contributed by atoms with van der Waals surface area (Å²) in [6.45, 7) is 7.66. The van der Waals surface area contributed by atoms with Crippen molar-refractivity contribution >= 4 is 16.2 Å². The Kier molecular flexibility index (Phi) is 4.49. The van der Waals surface area contributed by atoms with Crippen molar-refractivity contribution < 1.29 is 22.1 Å². The summed E-state index contributed by atoms with van der Waals surface area (Å²) in [7, 11) is -3.84. The highest BCUT2D eigenvalue weighted by Gasteiger charge is 2.38. The second-order valence-corrected chi connectivity index (χ2v) is 7.95. The molecule has 0 N–H and O–H groups in total. The molecule has 1 aliphatic rings. The van der Waals surface area contributed by atoms with Crippen LogP contribution in [0.1, 0.15) is 26.3 Å². The van der Waals surface area contributed by atoms with Gasteiger partial charge < -0.3 is 4.74 Å². The molecule has 0 unspecified atom stereocenters. The van der Waals surface area contributed by atoms with Gasteiger partial charge in [0.25, 0.3) is 10.1 Å². The van der Waals surface area contributed by atoms with E-state index in [2.05, 4.69) is 0 Å². The van der Waals surface area contributed by atoms with Crippen LogP contribution in [-0.2, 0) is 19.0 Å². The predicted octanol–water partition coefficient (Wildman–Crippen LogP) is 2.32. The Balaban J connectivity index is 1.99. The van der Waals surface area contributed by atoms with Crippen LogP contribution in [0.4, 0.5) is 4.79 Å². The number of carbonyl (C=O) groups is 1. The Morgan fingerprint density at radius 2 is 1.86 bits per heavy atom. The van der Waals surface area contributed by atoms with Crippen LogP contribution in [0.25, 0.3) is 0 Å². The molecule has 2 rings (SSSR count). The Labute approximate surface area is 131 Å².